The van der Waals surface area contributed by atoms with E-state index in [0.29, 0.717) is 21.8 Å². The van der Waals surface area contributed by atoms with Crippen LogP contribution in [-0.4, -0.2) is 18.5 Å². The number of nitrogens with one attached hydrogen (secondary N) is 1. The topological polar surface area (TPSA) is 55.4 Å². The second-order valence-corrected chi connectivity index (χ2v) is 4.74. The number of rotatable bonds is 5. The van der Waals surface area contributed by atoms with Crippen molar-refractivity contribution >= 4 is 45.1 Å². The highest BCUT2D eigenvalue weighted by Gasteiger charge is 2.08. The van der Waals surface area contributed by atoms with Crippen LogP contribution in [-0.2, 0) is 14.3 Å². The fourth-order valence-electron chi connectivity index (χ4n) is 1.25. The standard InChI is InChI=1S/C12H13BrClNO3/c1-2-18-12(17)6-5-11(16)15-8-3-4-10(14)9(13)7-8/h3-4,7H,2,5-6H2,1H3,(H,15,16). The number of carbonyl (C=O) groups excluding carboxylic acids is 2. The molecule has 0 unspecified atom stereocenters. The summed E-state index contributed by atoms with van der Waals surface area (Å²) in [7, 11) is 0. The molecular formula is C12H13BrClNO3. The van der Waals surface area contributed by atoms with E-state index in [1.165, 1.54) is 0 Å². The van der Waals surface area contributed by atoms with E-state index in [-0.39, 0.29) is 24.7 Å². The van der Waals surface area contributed by atoms with E-state index in [4.69, 9.17) is 16.3 Å². The summed E-state index contributed by atoms with van der Waals surface area (Å²) in [4.78, 5) is 22.6. The van der Waals surface area contributed by atoms with Gasteiger partial charge in [0.1, 0.15) is 0 Å². The van der Waals surface area contributed by atoms with Crippen molar-refractivity contribution in [3.8, 4) is 0 Å². The average Bonchev–Trinajstić information content (AvgIpc) is 2.32. The first-order valence-electron chi connectivity index (χ1n) is 5.43. The number of esters is 1. The zero-order valence-electron chi connectivity index (χ0n) is 9.83. The molecule has 1 aromatic carbocycles. The van der Waals surface area contributed by atoms with Crippen molar-refractivity contribution in [3.63, 3.8) is 0 Å². The molecule has 0 atom stereocenters. The summed E-state index contributed by atoms with van der Waals surface area (Å²) in [5.74, 6) is -0.609. The largest absolute Gasteiger partial charge is 0.466 e. The molecule has 6 heteroatoms. The van der Waals surface area contributed by atoms with Crippen LogP contribution in [0.2, 0.25) is 5.02 Å². The molecule has 0 aliphatic heterocycles. The lowest BCUT2D eigenvalue weighted by molar-refractivity contribution is -0.144. The van der Waals surface area contributed by atoms with Crippen LogP contribution in [0.25, 0.3) is 0 Å². The van der Waals surface area contributed by atoms with Gasteiger partial charge in [-0.3, -0.25) is 9.59 Å². The van der Waals surface area contributed by atoms with Gasteiger partial charge in [0, 0.05) is 16.6 Å². The minimum absolute atomic E-state index is 0.0778. The molecule has 18 heavy (non-hydrogen) atoms. The van der Waals surface area contributed by atoms with E-state index < -0.39 is 0 Å². The number of ether oxygens (including phenoxy) is 1. The van der Waals surface area contributed by atoms with Crippen molar-refractivity contribution in [2.75, 3.05) is 11.9 Å². The number of anilines is 1. The van der Waals surface area contributed by atoms with Crippen LogP contribution >= 0.6 is 27.5 Å². The molecule has 0 bridgehead atoms. The number of carbonyl (C=O) groups is 2. The molecule has 0 saturated carbocycles. The summed E-state index contributed by atoms with van der Waals surface area (Å²) >= 11 is 9.10. The molecule has 0 aliphatic rings. The van der Waals surface area contributed by atoms with Crippen LogP contribution in [0.15, 0.2) is 22.7 Å². The Hall–Kier alpha value is -1.07. The molecule has 1 N–H and O–H groups in total. The Morgan fingerprint density at radius 1 is 1.39 bits per heavy atom. The predicted octanol–water partition coefficient (Wildman–Crippen LogP) is 3.38. The predicted molar refractivity (Wildman–Crippen MR) is 73.6 cm³/mol. The molecule has 0 fully saturated rings. The van der Waals surface area contributed by atoms with E-state index in [2.05, 4.69) is 21.2 Å². The van der Waals surface area contributed by atoms with Gasteiger partial charge in [0.25, 0.3) is 0 Å². The molecular weight excluding hydrogens is 321 g/mol. The highest BCUT2D eigenvalue weighted by atomic mass is 79.9. The summed E-state index contributed by atoms with van der Waals surface area (Å²) in [6.45, 7) is 2.05. The highest BCUT2D eigenvalue weighted by molar-refractivity contribution is 9.10. The van der Waals surface area contributed by atoms with E-state index in [1.54, 1.807) is 25.1 Å². The van der Waals surface area contributed by atoms with Crippen LogP contribution < -0.4 is 5.32 Å². The van der Waals surface area contributed by atoms with Gasteiger partial charge in [0.2, 0.25) is 5.91 Å². The first-order chi connectivity index (χ1) is 8.52. The van der Waals surface area contributed by atoms with Crippen molar-refractivity contribution in [2.24, 2.45) is 0 Å². The van der Waals surface area contributed by atoms with E-state index >= 15 is 0 Å². The zero-order chi connectivity index (χ0) is 13.5. The Morgan fingerprint density at radius 2 is 2.11 bits per heavy atom. The zero-order valence-corrected chi connectivity index (χ0v) is 12.2. The minimum Gasteiger partial charge on any atom is -0.466 e. The van der Waals surface area contributed by atoms with Crippen molar-refractivity contribution in [1.29, 1.82) is 0 Å². The van der Waals surface area contributed by atoms with Gasteiger partial charge in [0.15, 0.2) is 0 Å². The number of benzene rings is 1. The molecule has 1 aromatic rings. The Bertz CT molecular complexity index is 451. The van der Waals surface area contributed by atoms with Gasteiger partial charge in [-0.1, -0.05) is 11.6 Å². The second kappa shape index (κ2) is 7.38. The Morgan fingerprint density at radius 3 is 2.72 bits per heavy atom. The van der Waals surface area contributed by atoms with Gasteiger partial charge in [0.05, 0.1) is 18.1 Å². The fraction of sp³-hybridized carbons (Fsp3) is 0.333. The monoisotopic (exact) mass is 333 g/mol. The summed E-state index contributed by atoms with van der Waals surface area (Å²) in [5, 5.41) is 3.24. The highest BCUT2D eigenvalue weighted by Crippen LogP contribution is 2.25. The smallest absolute Gasteiger partial charge is 0.306 e. The lowest BCUT2D eigenvalue weighted by Gasteiger charge is -2.06. The van der Waals surface area contributed by atoms with Crippen molar-refractivity contribution in [1.82, 2.24) is 0 Å². The Balaban J connectivity index is 2.44. The summed E-state index contributed by atoms with van der Waals surface area (Å²) in [6.07, 6.45) is 0.174. The maximum absolute atomic E-state index is 11.6. The summed E-state index contributed by atoms with van der Waals surface area (Å²) < 4.78 is 5.43. The van der Waals surface area contributed by atoms with Gasteiger partial charge < -0.3 is 10.1 Å². The first kappa shape index (κ1) is 15.0. The van der Waals surface area contributed by atoms with Gasteiger partial charge in [-0.25, -0.2) is 0 Å². The maximum atomic E-state index is 11.6. The van der Waals surface area contributed by atoms with Gasteiger partial charge in [-0.2, -0.15) is 0 Å². The maximum Gasteiger partial charge on any atom is 0.306 e. The van der Waals surface area contributed by atoms with E-state index in [1.807, 2.05) is 0 Å². The minimum atomic E-state index is -0.370. The average molecular weight is 335 g/mol. The lowest BCUT2D eigenvalue weighted by Crippen LogP contribution is -2.14. The van der Waals surface area contributed by atoms with E-state index in [9.17, 15) is 9.59 Å². The summed E-state index contributed by atoms with van der Waals surface area (Å²) in [6, 6.07) is 5.06. The number of halogens is 2. The van der Waals surface area contributed by atoms with E-state index in [0.717, 1.165) is 0 Å². The van der Waals surface area contributed by atoms with Gasteiger partial charge in [-0.15, -0.1) is 0 Å². The van der Waals surface area contributed by atoms with Crippen molar-refractivity contribution < 1.29 is 14.3 Å². The molecule has 0 aromatic heterocycles. The molecule has 1 amide bonds. The Kier molecular flexibility index (Phi) is 6.15. The number of hydrogen-bond acceptors (Lipinski definition) is 3. The third-order valence-corrected chi connectivity index (χ3v) is 3.28. The van der Waals surface area contributed by atoms with Crippen molar-refractivity contribution in [2.45, 2.75) is 19.8 Å². The van der Waals surface area contributed by atoms with Crippen LogP contribution in [0.3, 0.4) is 0 Å². The van der Waals surface area contributed by atoms with Gasteiger partial charge in [-0.05, 0) is 41.1 Å². The normalized spacial score (nSPS) is 9.94. The fourth-order valence-corrected chi connectivity index (χ4v) is 1.74. The lowest BCUT2D eigenvalue weighted by atomic mass is 10.2. The number of amides is 1. The van der Waals surface area contributed by atoms with Gasteiger partial charge >= 0.3 is 5.97 Å². The van der Waals surface area contributed by atoms with Crippen LogP contribution in [0.5, 0.6) is 0 Å². The number of hydrogen-bond donors (Lipinski definition) is 1. The van der Waals surface area contributed by atoms with Crippen molar-refractivity contribution in [3.05, 3.63) is 27.7 Å². The molecule has 0 aliphatic carbocycles. The third kappa shape index (κ3) is 5.06. The SMILES string of the molecule is CCOC(=O)CCC(=O)Nc1ccc(Cl)c(Br)c1. The Labute approximate surface area is 119 Å². The van der Waals surface area contributed by atoms with Crippen LogP contribution in [0, 0.1) is 0 Å². The third-order valence-electron chi connectivity index (χ3n) is 2.06. The van der Waals surface area contributed by atoms with Crippen LogP contribution in [0.4, 0.5) is 5.69 Å². The molecule has 0 radical (unpaired) electrons. The first-order valence-corrected chi connectivity index (χ1v) is 6.60. The second-order valence-electron chi connectivity index (χ2n) is 3.48. The molecule has 4 nitrogen and oxygen atoms in total. The molecule has 98 valence electrons. The molecule has 0 heterocycles. The molecule has 1 rings (SSSR count). The molecule has 0 spiro atoms. The molecule has 0 saturated heterocycles. The van der Waals surface area contributed by atoms with Crippen LogP contribution in [0.1, 0.15) is 19.8 Å². The summed E-state index contributed by atoms with van der Waals surface area (Å²) in [5.41, 5.74) is 0.625. The quantitative estimate of drug-likeness (QED) is 0.840.